The molecule has 0 aromatic heterocycles. The Morgan fingerprint density at radius 2 is 2.04 bits per heavy atom. The topological polar surface area (TPSA) is 65.5 Å². The third-order valence-corrected chi connectivity index (χ3v) is 4.53. The van der Waals surface area contributed by atoms with Crippen molar-refractivity contribution >= 4 is 41.5 Å². The van der Waals surface area contributed by atoms with E-state index < -0.39 is 0 Å². The molecule has 3 rings (SSSR count). The molecule has 1 fully saturated rings. The Kier molecular flexibility index (Phi) is 7.81. The van der Waals surface area contributed by atoms with Gasteiger partial charge in [-0.3, -0.25) is 9.79 Å². The predicted molar refractivity (Wildman–Crippen MR) is 109 cm³/mol. The van der Waals surface area contributed by atoms with Gasteiger partial charge in [0.2, 0.25) is 5.91 Å². The predicted octanol–water partition coefficient (Wildman–Crippen LogP) is 3.26. The van der Waals surface area contributed by atoms with E-state index in [1.165, 1.54) is 19.3 Å². The summed E-state index contributed by atoms with van der Waals surface area (Å²) < 4.78 is 0. The molecule has 1 aromatic carbocycles. The Morgan fingerprint density at radius 3 is 2.79 bits per heavy atom. The fraction of sp³-hybridized carbons (Fsp3) is 0.556. The van der Waals surface area contributed by atoms with Crippen molar-refractivity contribution in [2.24, 2.45) is 10.9 Å². The van der Waals surface area contributed by atoms with Gasteiger partial charge in [0.25, 0.3) is 0 Å². The molecule has 132 valence electrons. The second-order valence-electron chi connectivity index (χ2n) is 6.39. The van der Waals surface area contributed by atoms with Crippen LogP contribution in [-0.2, 0) is 11.3 Å². The van der Waals surface area contributed by atoms with E-state index in [1.54, 1.807) is 0 Å². The molecular weight excluding hydrogens is 415 g/mol. The Bertz CT molecular complexity index is 570. The maximum absolute atomic E-state index is 12.3. The molecule has 1 aromatic rings. The maximum Gasteiger partial charge on any atom is 0.227 e. The lowest BCUT2D eigenvalue weighted by Gasteiger charge is -2.21. The molecule has 1 saturated carbocycles. The zero-order valence-corrected chi connectivity index (χ0v) is 16.3. The van der Waals surface area contributed by atoms with Crippen LogP contribution in [0.3, 0.4) is 0 Å². The summed E-state index contributed by atoms with van der Waals surface area (Å²) in [7, 11) is 0. The minimum Gasteiger partial charge on any atom is -0.356 e. The standard InChI is InChI=1S/C18H26N4O.HI/c23-17(15-7-2-1-3-8-15)22-16-9-4-6-14(12-16)13-21-18-19-10-5-11-20-18;/h4,6,9,12,15H,1-3,5,7-8,10-11,13H2,(H,22,23)(H2,19,20,21);1H. The van der Waals surface area contributed by atoms with Crippen molar-refractivity contribution in [3.05, 3.63) is 29.8 Å². The fourth-order valence-electron chi connectivity index (χ4n) is 3.20. The van der Waals surface area contributed by atoms with E-state index in [0.717, 1.165) is 49.6 Å². The minimum absolute atomic E-state index is 0. The van der Waals surface area contributed by atoms with Gasteiger partial charge in [-0.1, -0.05) is 31.4 Å². The molecular formula is C18H27IN4O. The summed E-state index contributed by atoms with van der Waals surface area (Å²) in [5.41, 5.74) is 2.03. The average Bonchev–Trinajstić information content (AvgIpc) is 2.62. The van der Waals surface area contributed by atoms with Crippen LogP contribution in [0.25, 0.3) is 0 Å². The largest absolute Gasteiger partial charge is 0.356 e. The van der Waals surface area contributed by atoms with Gasteiger partial charge in [0.15, 0.2) is 5.96 Å². The Balaban J connectivity index is 0.00000208. The van der Waals surface area contributed by atoms with Crippen molar-refractivity contribution in [3.63, 3.8) is 0 Å². The number of guanidine groups is 1. The van der Waals surface area contributed by atoms with Gasteiger partial charge in [-0.05, 0) is 37.0 Å². The lowest BCUT2D eigenvalue weighted by molar-refractivity contribution is -0.120. The molecule has 6 heteroatoms. The monoisotopic (exact) mass is 442 g/mol. The molecule has 0 spiro atoms. The summed E-state index contributed by atoms with van der Waals surface area (Å²) in [4.78, 5) is 16.7. The molecule has 1 amide bonds. The molecule has 1 heterocycles. The number of anilines is 1. The minimum atomic E-state index is 0. The number of carbonyl (C=O) groups excluding carboxylic acids is 1. The molecule has 0 unspecified atom stereocenters. The van der Waals surface area contributed by atoms with Crippen LogP contribution in [-0.4, -0.2) is 25.0 Å². The number of aliphatic imine (C=N–C) groups is 1. The van der Waals surface area contributed by atoms with Gasteiger partial charge in [-0.2, -0.15) is 0 Å². The molecule has 0 radical (unpaired) electrons. The SMILES string of the molecule is I.O=C(Nc1cccc(CNC2=NCCCN2)c1)C1CCCCC1. The van der Waals surface area contributed by atoms with Crippen LogP contribution in [0.1, 0.15) is 44.1 Å². The molecule has 0 atom stereocenters. The third-order valence-electron chi connectivity index (χ3n) is 4.53. The summed E-state index contributed by atoms with van der Waals surface area (Å²) in [5, 5.41) is 9.63. The number of nitrogens with zero attached hydrogens (tertiary/aromatic N) is 1. The van der Waals surface area contributed by atoms with E-state index in [2.05, 4.69) is 27.0 Å². The van der Waals surface area contributed by atoms with Crippen molar-refractivity contribution in [3.8, 4) is 0 Å². The second-order valence-corrected chi connectivity index (χ2v) is 6.39. The van der Waals surface area contributed by atoms with Crippen LogP contribution >= 0.6 is 24.0 Å². The third kappa shape index (κ3) is 5.65. The van der Waals surface area contributed by atoms with E-state index in [4.69, 9.17) is 0 Å². The number of carbonyl (C=O) groups is 1. The molecule has 0 bridgehead atoms. The van der Waals surface area contributed by atoms with Gasteiger partial charge in [0.1, 0.15) is 0 Å². The lowest BCUT2D eigenvalue weighted by atomic mass is 9.88. The Morgan fingerprint density at radius 1 is 1.21 bits per heavy atom. The van der Waals surface area contributed by atoms with Crippen molar-refractivity contribution in [1.82, 2.24) is 10.6 Å². The Labute approximate surface area is 161 Å². The highest BCUT2D eigenvalue weighted by Crippen LogP contribution is 2.25. The first-order valence-corrected chi connectivity index (χ1v) is 8.73. The normalized spacial score (nSPS) is 17.9. The maximum atomic E-state index is 12.3. The van der Waals surface area contributed by atoms with Gasteiger partial charge >= 0.3 is 0 Å². The van der Waals surface area contributed by atoms with E-state index in [-0.39, 0.29) is 35.8 Å². The number of halogens is 1. The van der Waals surface area contributed by atoms with Crippen LogP contribution in [0, 0.1) is 5.92 Å². The van der Waals surface area contributed by atoms with Crippen molar-refractivity contribution in [2.45, 2.75) is 45.1 Å². The quantitative estimate of drug-likeness (QED) is 0.628. The number of hydrogen-bond donors (Lipinski definition) is 3. The highest BCUT2D eigenvalue weighted by molar-refractivity contribution is 14.0. The molecule has 24 heavy (non-hydrogen) atoms. The fourth-order valence-corrected chi connectivity index (χ4v) is 3.20. The van der Waals surface area contributed by atoms with E-state index >= 15 is 0 Å². The zero-order valence-electron chi connectivity index (χ0n) is 14.0. The highest BCUT2D eigenvalue weighted by Gasteiger charge is 2.20. The Hall–Kier alpha value is -1.31. The summed E-state index contributed by atoms with van der Waals surface area (Å²) >= 11 is 0. The van der Waals surface area contributed by atoms with E-state index in [1.807, 2.05) is 18.2 Å². The van der Waals surface area contributed by atoms with E-state index in [0.29, 0.717) is 6.54 Å². The van der Waals surface area contributed by atoms with Crippen molar-refractivity contribution in [2.75, 3.05) is 18.4 Å². The number of amides is 1. The average molecular weight is 442 g/mol. The van der Waals surface area contributed by atoms with Gasteiger partial charge in [0.05, 0.1) is 0 Å². The summed E-state index contributed by atoms with van der Waals surface area (Å²) in [5.74, 6) is 1.23. The van der Waals surface area contributed by atoms with Gasteiger partial charge in [-0.25, -0.2) is 0 Å². The first-order chi connectivity index (χ1) is 11.3. The summed E-state index contributed by atoms with van der Waals surface area (Å²) in [6.07, 6.45) is 6.77. The van der Waals surface area contributed by atoms with Gasteiger partial charge < -0.3 is 16.0 Å². The highest BCUT2D eigenvalue weighted by atomic mass is 127. The zero-order chi connectivity index (χ0) is 15.9. The molecule has 2 aliphatic rings. The first kappa shape index (κ1) is 19.0. The molecule has 0 saturated heterocycles. The van der Waals surface area contributed by atoms with Crippen molar-refractivity contribution in [1.29, 1.82) is 0 Å². The van der Waals surface area contributed by atoms with Gasteiger partial charge in [0, 0.05) is 31.2 Å². The molecule has 5 nitrogen and oxygen atoms in total. The lowest BCUT2D eigenvalue weighted by Crippen LogP contribution is -2.40. The first-order valence-electron chi connectivity index (χ1n) is 8.73. The number of benzene rings is 1. The summed E-state index contributed by atoms with van der Waals surface area (Å²) in [6, 6.07) is 8.05. The summed E-state index contributed by atoms with van der Waals surface area (Å²) in [6.45, 7) is 2.56. The van der Waals surface area contributed by atoms with E-state index in [9.17, 15) is 4.79 Å². The van der Waals surface area contributed by atoms with Crippen LogP contribution in [0.2, 0.25) is 0 Å². The number of hydrogen-bond acceptors (Lipinski definition) is 4. The van der Waals surface area contributed by atoms with Crippen molar-refractivity contribution < 1.29 is 4.79 Å². The van der Waals surface area contributed by atoms with Crippen LogP contribution < -0.4 is 16.0 Å². The van der Waals surface area contributed by atoms with Crippen LogP contribution in [0.4, 0.5) is 5.69 Å². The molecule has 1 aliphatic heterocycles. The number of nitrogens with one attached hydrogen (secondary N) is 3. The van der Waals surface area contributed by atoms with Crippen LogP contribution in [0.5, 0.6) is 0 Å². The molecule has 1 aliphatic carbocycles. The van der Waals surface area contributed by atoms with Crippen LogP contribution in [0.15, 0.2) is 29.3 Å². The second kappa shape index (κ2) is 9.86. The smallest absolute Gasteiger partial charge is 0.227 e. The van der Waals surface area contributed by atoms with Gasteiger partial charge in [-0.15, -0.1) is 24.0 Å². The number of rotatable bonds is 4. The molecule has 3 N–H and O–H groups in total.